The van der Waals surface area contributed by atoms with Crippen molar-refractivity contribution in [1.29, 1.82) is 0 Å². The third-order valence-corrected chi connectivity index (χ3v) is 5.96. The molecule has 2 aliphatic heterocycles. The van der Waals surface area contributed by atoms with Crippen molar-refractivity contribution in [2.75, 3.05) is 25.1 Å². The highest BCUT2D eigenvalue weighted by molar-refractivity contribution is 6.04. The summed E-state index contributed by atoms with van der Waals surface area (Å²) in [6.45, 7) is 2.52. The van der Waals surface area contributed by atoms with Gasteiger partial charge < -0.3 is 20.1 Å². The number of amides is 1. The fourth-order valence-electron chi connectivity index (χ4n) is 4.10. The number of hydrogen-bond donors (Lipinski definition) is 2. The standard InChI is InChI=1S/C23H26N2O3/c26-22(18-5-9-21(10-6-18)27-13-17-1-2-17)25-19-7-3-16(4-8-19)11-23-12-20(14-28-23)24-15-23/h3-10,17,20,24H,1-2,11-15H2,(H,25,26)/t20-,23-/m1/s1. The van der Waals surface area contributed by atoms with Crippen LogP contribution in [0.25, 0.3) is 0 Å². The minimum atomic E-state index is -0.109. The number of morpholine rings is 1. The maximum atomic E-state index is 12.5. The van der Waals surface area contributed by atoms with Gasteiger partial charge in [0.2, 0.25) is 0 Å². The van der Waals surface area contributed by atoms with E-state index in [2.05, 4.69) is 22.8 Å². The van der Waals surface area contributed by atoms with Crippen LogP contribution in [0, 0.1) is 5.92 Å². The summed E-state index contributed by atoms with van der Waals surface area (Å²) < 4.78 is 11.7. The van der Waals surface area contributed by atoms with Gasteiger partial charge in [-0.05, 0) is 67.1 Å². The highest BCUT2D eigenvalue weighted by atomic mass is 16.5. The fraction of sp³-hybridized carbons (Fsp3) is 0.435. The number of anilines is 1. The average molecular weight is 378 g/mol. The summed E-state index contributed by atoms with van der Waals surface area (Å²) in [5.74, 6) is 1.43. The molecule has 1 aliphatic carbocycles. The van der Waals surface area contributed by atoms with E-state index in [-0.39, 0.29) is 11.5 Å². The lowest BCUT2D eigenvalue weighted by atomic mass is 9.93. The van der Waals surface area contributed by atoms with E-state index in [4.69, 9.17) is 9.47 Å². The molecule has 2 saturated heterocycles. The van der Waals surface area contributed by atoms with Crippen LogP contribution in [0.2, 0.25) is 0 Å². The van der Waals surface area contributed by atoms with Crippen LogP contribution in [0.15, 0.2) is 48.5 Å². The van der Waals surface area contributed by atoms with Crippen LogP contribution in [-0.4, -0.2) is 37.3 Å². The molecule has 28 heavy (non-hydrogen) atoms. The van der Waals surface area contributed by atoms with E-state index in [1.54, 1.807) is 0 Å². The number of carbonyl (C=O) groups is 1. The van der Waals surface area contributed by atoms with Gasteiger partial charge in [-0.2, -0.15) is 0 Å². The first-order valence-electron chi connectivity index (χ1n) is 10.2. The number of rotatable bonds is 7. The molecule has 5 nitrogen and oxygen atoms in total. The van der Waals surface area contributed by atoms with E-state index >= 15 is 0 Å². The predicted molar refractivity (Wildman–Crippen MR) is 108 cm³/mol. The van der Waals surface area contributed by atoms with Gasteiger partial charge in [0.1, 0.15) is 5.75 Å². The van der Waals surface area contributed by atoms with E-state index in [1.807, 2.05) is 36.4 Å². The highest BCUT2D eigenvalue weighted by Crippen LogP contribution is 2.34. The van der Waals surface area contributed by atoms with E-state index in [0.29, 0.717) is 11.6 Å². The lowest BCUT2D eigenvalue weighted by Gasteiger charge is -2.26. The molecule has 0 aromatic heterocycles. The molecule has 1 saturated carbocycles. The monoisotopic (exact) mass is 378 g/mol. The molecule has 0 unspecified atom stereocenters. The normalized spacial score (nSPS) is 25.6. The molecule has 1 amide bonds. The van der Waals surface area contributed by atoms with E-state index in [9.17, 15) is 4.79 Å². The predicted octanol–water partition coefficient (Wildman–Crippen LogP) is 3.40. The Morgan fingerprint density at radius 2 is 1.93 bits per heavy atom. The summed E-state index contributed by atoms with van der Waals surface area (Å²) in [6.07, 6.45) is 4.54. The van der Waals surface area contributed by atoms with Gasteiger partial charge in [-0.15, -0.1) is 0 Å². The molecule has 2 atom stereocenters. The minimum Gasteiger partial charge on any atom is -0.493 e. The summed E-state index contributed by atoms with van der Waals surface area (Å²) in [7, 11) is 0. The Morgan fingerprint density at radius 1 is 1.14 bits per heavy atom. The van der Waals surface area contributed by atoms with Crippen LogP contribution < -0.4 is 15.4 Å². The van der Waals surface area contributed by atoms with Crippen LogP contribution in [-0.2, 0) is 11.2 Å². The first kappa shape index (κ1) is 17.7. The zero-order valence-electron chi connectivity index (χ0n) is 15.9. The van der Waals surface area contributed by atoms with Crippen molar-refractivity contribution in [3.8, 4) is 5.75 Å². The zero-order chi connectivity index (χ0) is 19.0. The third kappa shape index (κ3) is 3.91. The number of benzene rings is 2. The van der Waals surface area contributed by atoms with Crippen molar-refractivity contribution in [1.82, 2.24) is 5.32 Å². The number of nitrogens with one attached hydrogen (secondary N) is 2. The van der Waals surface area contributed by atoms with E-state index in [0.717, 1.165) is 50.0 Å². The Morgan fingerprint density at radius 3 is 2.54 bits per heavy atom. The van der Waals surface area contributed by atoms with Crippen molar-refractivity contribution in [2.24, 2.45) is 5.92 Å². The van der Waals surface area contributed by atoms with Crippen molar-refractivity contribution in [3.05, 3.63) is 59.7 Å². The number of fused-ring (bicyclic) bond motifs is 2. The Hall–Kier alpha value is -2.37. The summed E-state index contributed by atoms with van der Waals surface area (Å²) >= 11 is 0. The molecule has 2 bridgehead atoms. The Bertz CT molecular complexity index is 835. The molecule has 0 spiro atoms. The fourth-order valence-corrected chi connectivity index (χ4v) is 4.10. The highest BCUT2D eigenvalue weighted by Gasteiger charge is 2.45. The minimum absolute atomic E-state index is 0.0429. The van der Waals surface area contributed by atoms with E-state index in [1.165, 1.54) is 18.4 Å². The van der Waals surface area contributed by atoms with Gasteiger partial charge in [0, 0.05) is 30.3 Å². The molecule has 2 heterocycles. The summed E-state index contributed by atoms with van der Waals surface area (Å²) in [6, 6.07) is 16.0. The second kappa shape index (κ2) is 7.22. The summed E-state index contributed by atoms with van der Waals surface area (Å²) in [4.78, 5) is 12.5. The van der Waals surface area contributed by atoms with Gasteiger partial charge in [-0.25, -0.2) is 0 Å². The van der Waals surface area contributed by atoms with Gasteiger partial charge in [-0.3, -0.25) is 4.79 Å². The molecule has 2 aromatic carbocycles. The Labute approximate surface area is 165 Å². The average Bonchev–Trinajstić information content (AvgIpc) is 3.36. The van der Waals surface area contributed by atoms with Crippen LogP contribution >= 0.6 is 0 Å². The largest absolute Gasteiger partial charge is 0.493 e. The van der Waals surface area contributed by atoms with Crippen molar-refractivity contribution in [2.45, 2.75) is 37.3 Å². The van der Waals surface area contributed by atoms with Crippen LogP contribution in [0.1, 0.15) is 35.2 Å². The number of ether oxygens (including phenoxy) is 2. The van der Waals surface area contributed by atoms with Gasteiger partial charge >= 0.3 is 0 Å². The van der Waals surface area contributed by atoms with Gasteiger partial charge in [0.15, 0.2) is 0 Å². The quantitative estimate of drug-likeness (QED) is 0.775. The lowest BCUT2D eigenvalue weighted by Crippen LogP contribution is -2.40. The van der Waals surface area contributed by atoms with Crippen molar-refractivity contribution >= 4 is 11.6 Å². The summed E-state index contributed by atoms with van der Waals surface area (Å²) in [5, 5.41) is 6.47. The number of hydrogen-bond acceptors (Lipinski definition) is 4. The van der Waals surface area contributed by atoms with Gasteiger partial charge in [0.25, 0.3) is 5.91 Å². The van der Waals surface area contributed by atoms with Crippen LogP contribution in [0.3, 0.4) is 0 Å². The molecule has 3 aliphatic rings. The van der Waals surface area contributed by atoms with Gasteiger partial charge in [-0.1, -0.05) is 12.1 Å². The molecule has 5 rings (SSSR count). The molecular weight excluding hydrogens is 352 g/mol. The maximum Gasteiger partial charge on any atom is 0.255 e. The van der Waals surface area contributed by atoms with Gasteiger partial charge in [0.05, 0.1) is 18.8 Å². The zero-order valence-corrected chi connectivity index (χ0v) is 15.9. The lowest BCUT2D eigenvalue weighted by molar-refractivity contribution is -0.00521. The molecule has 2 aromatic rings. The SMILES string of the molecule is O=C(Nc1ccc(C[C@@]23CN[C@@H](CO2)C3)cc1)c1ccc(OCC2CC2)cc1. The molecule has 146 valence electrons. The second-order valence-electron chi connectivity index (χ2n) is 8.38. The molecule has 0 radical (unpaired) electrons. The topological polar surface area (TPSA) is 59.6 Å². The van der Waals surface area contributed by atoms with E-state index < -0.39 is 0 Å². The first-order chi connectivity index (χ1) is 13.7. The maximum absolute atomic E-state index is 12.5. The molecule has 5 heteroatoms. The first-order valence-corrected chi connectivity index (χ1v) is 10.2. The third-order valence-electron chi connectivity index (χ3n) is 5.96. The second-order valence-corrected chi connectivity index (χ2v) is 8.38. The Balaban J connectivity index is 1.17. The molecular formula is C23H26N2O3. The molecule has 2 N–H and O–H groups in total. The van der Waals surface area contributed by atoms with Crippen molar-refractivity contribution < 1.29 is 14.3 Å². The molecule has 3 fully saturated rings. The summed E-state index contributed by atoms with van der Waals surface area (Å²) in [5.41, 5.74) is 2.62. The smallest absolute Gasteiger partial charge is 0.255 e. The Kier molecular flexibility index (Phi) is 4.57. The van der Waals surface area contributed by atoms with Crippen molar-refractivity contribution in [3.63, 3.8) is 0 Å². The van der Waals surface area contributed by atoms with Crippen LogP contribution in [0.5, 0.6) is 5.75 Å². The number of carbonyl (C=O) groups excluding carboxylic acids is 1. The van der Waals surface area contributed by atoms with Crippen LogP contribution in [0.4, 0.5) is 5.69 Å².